The highest BCUT2D eigenvalue weighted by Crippen LogP contribution is 2.24. The van der Waals surface area contributed by atoms with Gasteiger partial charge in [0.25, 0.3) is 0 Å². The minimum Gasteiger partial charge on any atom is -0.340 e. The Bertz CT molecular complexity index is 717. The third kappa shape index (κ3) is 3.72. The van der Waals surface area contributed by atoms with Crippen molar-refractivity contribution in [1.29, 1.82) is 0 Å². The number of halogens is 3. The van der Waals surface area contributed by atoms with Gasteiger partial charge in [-0.1, -0.05) is 13.3 Å². The molecule has 0 bridgehead atoms. The summed E-state index contributed by atoms with van der Waals surface area (Å²) in [6.07, 6.45) is 2.05. The fraction of sp³-hybridized carbons (Fsp3) is 0.533. The van der Waals surface area contributed by atoms with Gasteiger partial charge < -0.3 is 4.90 Å². The minimum absolute atomic E-state index is 0.0152. The second-order valence-electron chi connectivity index (χ2n) is 5.56. The molecule has 1 aliphatic rings. The van der Waals surface area contributed by atoms with E-state index in [1.54, 1.807) is 4.90 Å². The number of carbonyl (C=O) groups excluding carboxylic acids is 1. The molecule has 0 radical (unpaired) electrons. The lowest BCUT2D eigenvalue weighted by atomic mass is 10.2. The first-order valence-corrected chi connectivity index (χ1v) is 9.14. The number of benzene rings is 1. The summed E-state index contributed by atoms with van der Waals surface area (Å²) in [5.74, 6) is -5.04. The van der Waals surface area contributed by atoms with Crippen LogP contribution in [-0.2, 0) is 14.8 Å². The van der Waals surface area contributed by atoms with Gasteiger partial charge in [0.15, 0.2) is 17.5 Å². The third-order valence-corrected chi connectivity index (χ3v) is 5.87. The van der Waals surface area contributed by atoms with Crippen LogP contribution in [0.15, 0.2) is 17.0 Å². The standard InChI is InChI=1S/C15H19F3N2O3S/c1-2-3-4-13(21)19-7-9-20(10-8-19)24(22,23)12-6-5-11(16)14(17)15(12)18/h5-6H,2-4,7-10H2,1H3. The summed E-state index contributed by atoms with van der Waals surface area (Å²) in [5.41, 5.74) is 0. The number of hydrogen-bond donors (Lipinski definition) is 0. The maximum atomic E-state index is 13.8. The summed E-state index contributed by atoms with van der Waals surface area (Å²) >= 11 is 0. The summed E-state index contributed by atoms with van der Waals surface area (Å²) in [5, 5.41) is 0. The van der Waals surface area contributed by atoms with Gasteiger partial charge in [0, 0.05) is 32.6 Å². The number of hydrogen-bond acceptors (Lipinski definition) is 3. The highest BCUT2D eigenvalue weighted by atomic mass is 32.2. The smallest absolute Gasteiger partial charge is 0.246 e. The molecule has 1 fully saturated rings. The van der Waals surface area contributed by atoms with E-state index in [0.717, 1.165) is 17.1 Å². The van der Waals surface area contributed by atoms with E-state index in [0.29, 0.717) is 18.6 Å². The zero-order valence-corrected chi connectivity index (χ0v) is 14.1. The van der Waals surface area contributed by atoms with Gasteiger partial charge in [-0.25, -0.2) is 21.6 Å². The number of rotatable bonds is 5. The molecule has 0 aliphatic carbocycles. The van der Waals surface area contributed by atoms with Crippen molar-refractivity contribution in [3.63, 3.8) is 0 Å². The predicted octanol–water partition coefficient (Wildman–Crippen LogP) is 2.13. The van der Waals surface area contributed by atoms with E-state index < -0.39 is 32.4 Å². The van der Waals surface area contributed by atoms with Crippen LogP contribution in [0.2, 0.25) is 0 Å². The lowest BCUT2D eigenvalue weighted by molar-refractivity contribution is -0.132. The molecule has 1 saturated heterocycles. The average Bonchev–Trinajstić information content (AvgIpc) is 2.57. The molecule has 0 saturated carbocycles. The van der Waals surface area contributed by atoms with E-state index in [1.165, 1.54) is 0 Å². The van der Waals surface area contributed by atoms with Gasteiger partial charge in [0.1, 0.15) is 4.90 Å². The van der Waals surface area contributed by atoms with Crippen molar-refractivity contribution in [3.8, 4) is 0 Å². The van der Waals surface area contributed by atoms with Crippen LogP contribution >= 0.6 is 0 Å². The highest BCUT2D eigenvalue weighted by molar-refractivity contribution is 7.89. The minimum atomic E-state index is -4.28. The Morgan fingerprint density at radius 2 is 1.71 bits per heavy atom. The maximum Gasteiger partial charge on any atom is 0.246 e. The van der Waals surface area contributed by atoms with Crippen LogP contribution in [-0.4, -0.2) is 49.7 Å². The summed E-state index contributed by atoms with van der Waals surface area (Å²) < 4.78 is 65.8. The Morgan fingerprint density at radius 1 is 1.08 bits per heavy atom. The van der Waals surface area contributed by atoms with E-state index in [9.17, 15) is 26.4 Å². The topological polar surface area (TPSA) is 57.7 Å². The molecule has 0 unspecified atom stereocenters. The Kier molecular flexibility index (Phi) is 5.87. The van der Waals surface area contributed by atoms with Crippen molar-refractivity contribution >= 4 is 15.9 Å². The van der Waals surface area contributed by atoms with Gasteiger partial charge in [-0.05, 0) is 18.6 Å². The predicted molar refractivity (Wildman–Crippen MR) is 81.2 cm³/mol. The molecule has 1 heterocycles. The van der Waals surface area contributed by atoms with Crippen molar-refractivity contribution in [2.75, 3.05) is 26.2 Å². The normalized spacial score (nSPS) is 16.4. The lowest BCUT2D eigenvalue weighted by Gasteiger charge is -2.34. The molecule has 1 aliphatic heterocycles. The monoisotopic (exact) mass is 364 g/mol. The maximum absolute atomic E-state index is 13.8. The van der Waals surface area contributed by atoms with Crippen LogP contribution in [0.1, 0.15) is 26.2 Å². The Morgan fingerprint density at radius 3 is 2.29 bits per heavy atom. The van der Waals surface area contributed by atoms with E-state index in [-0.39, 0.29) is 32.1 Å². The molecule has 0 spiro atoms. The van der Waals surface area contributed by atoms with Crippen LogP contribution < -0.4 is 0 Å². The van der Waals surface area contributed by atoms with E-state index >= 15 is 0 Å². The summed E-state index contributed by atoms with van der Waals surface area (Å²) in [4.78, 5) is 12.6. The van der Waals surface area contributed by atoms with Crippen LogP contribution in [0.5, 0.6) is 0 Å². The molecule has 1 amide bonds. The largest absolute Gasteiger partial charge is 0.340 e. The Labute approximate surface area is 139 Å². The Balaban J connectivity index is 2.11. The van der Waals surface area contributed by atoms with Gasteiger partial charge in [0.05, 0.1) is 0 Å². The highest BCUT2D eigenvalue weighted by Gasteiger charge is 2.33. The van der Waals surface area contributed by atoms with Crippen LogP contribution in [0, 0.1) is 17.5 Å². The van der Waals surface area contributed by atoms with Gasteiger partial charge >= 0.3 is 0 Å². The first-order chi connectivity index (χ1) is 11.3. The SMILES string of the molecule is CCCCC(=O)N1CCN(S(=O)(=O)c2ccc(F)c(F)c2F)CC1. The van der Waals surface area contributed by atoms with Crippen molar-refractivity contribution in [2.45, 2.75) is 31.1 Å². The molecule has 0 atom stereocenters. The fourth-order valence-electron chi connectivity index (χ4n) is 2.51. The molecule has 1 aromatic carbocycles. The zero-order valence-electron chi connectivity index (χ0n) is 13.3. The van der Waals surface area contributed by atoms with Crippen molar-refractivity contribution in [3.05, 3.63) is 29.6 Å². The van der Waals surface area contributed by atoms with Crippen molar-refractivity contribution in [2.24, 2.45) is 0 Å². The molecule has 9 heteroatoms. The zero-order chi connectivity index (χ0) is 17.9. The number of amides is 1. The van der Waals surface area contributed by atoms with Gasteiger partial charge in [-0.3, -0.25) is 4.79 Å². The molecule has 2 rings (SSSR count). The van der Waals surface area contributed by atoms with Crippen molar-refractivity contribution < 1.29 is 26.4 Å². The molecule has 0 N–H and O–H groups in total. The van der Waals surface area contributed by atoms with Crippen LogP contribution in [0.25, 0.3) is 0 Å². The third-order valence-electron chi connectivity index (χ3n) is 3.95. The molecular formula is C15H19F3N2O3S. The molecule has 5 nitrogen and oxygen atoms in total. The number of nitrogens with zero attached hydrogens (tertiary/aromatic N) is 2. The van der Waals surface area contributed by atoms with E-state index in [2.05, 4.69) is 0 Å². The van der Waals surface area contributed by atoms with E-state index in [1.807, 2.05) is 6.92 Å². The average molecular weight is 364 g/mol. The van der Waals surface area contributed by atoms with E-state index in [4.69, 9.17) is 0 Å². The number of unbranched alkanes of at least 4 members (excludes halogenated alkanes) is 1. The van der Waals surface area contributed by atoms with Crippen LogP contribution in [0.4, 0.5) is 13.2 Å². The van der Waals surface area contributed by atoms with Gasteiger partial charge in [-0.2, -0.15) is 4.31 Å². The number of piperazine rings is 1. The van der Waals surface area contributed by atoms with Gasteiger partial charge in [-0.15, -0.1) is 0 Å². The second-order valence-corrected chi connectivity index (χ2v) is 7.47. The van der Waals surface area contributed by atoms with Gasteiger partial charge in [0.2, 0.25) is 15.9 Å². The first-order valence-electron chi connectivity index (χ1n) is 7.70. The fourth-order valence-corrected chi connectivity index (χ4v) is 3.99. The Hall–Kier alpha value is -1.61. The number of sulfonamides is 1. The number of carbonyl (C=O) groups is 1. The first kappa shape index (κ1) is 18.7. The molecule has 0 aromatic heterocycles. The lowest BCUT2D eigenvalue weighted by Crippen LogP contribution is -2.50. The quantitative estimate of drug-likeness (QED) is 0.752. The molecular weight excluding hydrogens is 345 g/mol. The molecule has 1 aromatic rings. The summed E-state index contributed by atoms with van der Waals surface area (Å²) in [6.45, 7) is 2.31. The second kappa shape index (κ2) is 7.52. The molecule has 134 valence electrons. The molecule has 24 heavy (non-hydrogen) atoms. The summed E-state index contributed by atoms with van der Waals surface area (Å²) in [7, 11) is -4.28. The van der Waals surface area contributed by atoms with Crippen molar-refractivity contribution in [1.82, 2.24) is 9.21 Å². The summed E-state index contributed by atoms with van der Waals surface area (Å²) in [6, 6.07) is 1.29. The van der Waals surface area contributed by atoms with Crippen LogP contribution in [0.3, 0.4) is 0 Å².